The Hall–Kier alpha value is -2.74. The zero-order valence-corrected chi connectivity index (χ0v) is 15.9. The van der Waals surface area contributed by atoms with Crippen molar-refractivity contribution in [3.8, 4) is 0 Å². The highest BCUT2D eigenvalue weighted by atomic mass is 32.1. The van der Waals surface area contributed by atoms with Crippen LogP contribution < -0.4 is 5.73 Å². The van der Waals surface area contributed by atoms with Crippen molar-refractivity contribution in [2.45, 2.75) is 18.9 Å². The molecule has 2 atom stereocenters. The molecule has 2 aliphatic rings. The predicted molar refractivity (Wildman–Crippen MR) is 103 cm³/mol. The van der Waals surface area contributed by atoms with Crippen molar-refractivity contribution in [1.82, 2.24) is 14.8 Å². The van der Waals surface area contributed by atoms with Crippen LogP contribution in [-0.2, 0) is 10.3 Å². The largest absolute Gasteiger partial charge is 0.369 e. The van der Waals surface area contributed by atoms with E-state index in [1.807, 2.05) is 24.4 Å². The Kier molecular flexibility index (Phi) is 4.43. The fourth-order valence-electron chi connectivity index (χ4n) is 3.91. The fraction of sp³-hybridized carbons (Fsp3) is 0.368. The molecule has 0 spiro atoms. The van der Waals surface area contributed by atoms with Crippen molar-refractivity contribution >= 4 is 29.1 Å². The molecule has 0 bridgehead atoms. The third-order valence-corrected chi connectivity index (χ3v) is 6.21. The van der Waals surface area contributed by atoms with Crippen molar-refractivity contribution in [2.24, 2.45) is 16.6 Å². The second-order valence-electron chi connectivity index (χ2n) is 6.84. The number of thiophene rings is 1. The molecule has 0 aromatic carbocycles. The maximum absolute atomic E-state index is 13.2. The van der Waals surface area contributed by atoms with Gasteiger partial charge < -0.3 is 10.6 Å². The molecule has 4 heterocycles. The summed E-state index contributed by atoms with van der Waals surface area (Å²) < 4.78 is 0. The summed E-state index contributed by atoms with van der Waals surface area (Å²) in [6.45, 7) is 3.19. The van der Waals surface area contributed by atoms with E-state index >= 15 is 0 Å². The summed E-state index contributed by atoms with van der Waals surface area (Å²) in [5.41, 5.74) is 5.94. The second-order valence-corrected chi connectivity index (χ2v) is 7.78. The third-order valence-electron chi connectivity index (χ3n) is 5.18. The lowest BCUT2D eigenvalue weighted by Gasteiger charge is -2.38. The molecule has 0 radical (unpaired) electrons. The summed E-state index contributed by atoms with van der Waals surface area (Å²) in [6, 6.07) is 7.28. The standard InChI is InChI=1S/C19H21N5O2S/c1-2-9-24-17(26)14-11-23(16(25)13-5-7-21-8-6-13)12-19(14,22-18(24)20)15-4-3-10-27-15/h3-8,10,14H,2,9,11-12H2,1H3,(H2,20,22). The summed E-state index contributed by atoms with van der Waals surface area (Å²) >= 11 is 1.54. The first-order chi connectivity index (χ1) is 13.1. The third kappa shape index (κ3) is 2.80. The zero-order chi connectivity index (χ0) is 19.0. The van der Waals surface area contributed by atoms with Gasteiger partial charge in [0.1, 0.15) is 5.54 Å². The van der Waals surface area contributed by atoms with Gasteiger partial charge in [0, 0.05) is 35.9 Å². The number of rotatable bonds is 4. The topological polar surface area (TPSA) is 91.9 Å². The van der Waals surface area contributed by atoms with Gasteiger partial charge in [0.05, 0.1) is 12.5 Å². The van der Waals surface area contributed by atoms with Crippen LogP contribution >= 0.6 is 11.3 Å². The van der Waals surface area contributed by atoms with Gasteiger partial charge in [-0.25, -0.2) is 4.99 Å². The average molecular weight is 383 g/mol. The quantitative estimate of drug-likeness (QED) is 0.869. The first-order valence-corrected chi connectivity index (χ1v) is 9.85. The van der Waals surface area contributed by atoms with Crippen LogP contribution in [0.5, 0.6) is 0 Å². The summed E-state index contributed by atoms with van der Waals surface area (Å²) in [7, 11) is 0. The van der Waals surface area contributed by atoms with Crippen LogP contribution in [0.1, 0.15) is 28.6 Å². The maximum atomic E-state index is 13.2. The number of nitrogens with zero attached hydrogens (tertiary/aromatic N) is 4. The Labute approximate surface area is 161 Å². The molecule has 2 N–H and O–H groups in total. The summed E-state index contributed by atoms with van der Waals surface area (Å²) in [5.74, 6) is -0.361. The summed E-state index contributed by atoms with van der Waals surface area (Å²) in [6.07, 6.45) is 3.98. The average Bonchev–Trinajstić information content (AvgIpc) is 3.34. The van der Waals surface area contributed by atoms with E-state index < -0.39 is 11.5 Å². The minimum atomic E-state index is -0.803. The number of carbonyl (C=O) groups is 2. The minimum absolute atomic E-state index is 0.0530. The molecule has 1 saturated heterocycles. The van der Waals surface area contributed by atoms with Gasteiger partial charge in [-0.1, -0.05) is 13.0 Å². The van der Waals surface area contributed by atoms with Crippen LogP contribution in [0, 0.1) is 5.92 Å². The number of hydrogen-bond acceptors (Lipinski definition) is 6. The van der Waals surface area contributed by atoms with Crippen LogP contribution in [0.3, 0.4) is 0 Å². The van der Waals surface area contributed by atoms with E-state index in [0.717, 1.165) is 11.3 Å². The Balaban J connectivity index is 1.75. The minimum Gasteiger partial charge on any atom is -0.369 e. The smallest absolute Gasteiger partial charge is 0.254 e. The number of fused-ring (bicyclic) bond motifs is 1. The van der Waals surface area contributed by atoms with E-state index in [1.54, 1.807) is 45.7 Å². The van der Waals surface area contributed by atoms with Crippen molar-refractivity contribution in [1.29, 1.82) is 0 Å². The van der Waals surface area contributed by atoms with Crippen LogP contribution in [0.2, 0.25) is 0 Å². The molecule has 2 aromatic rings. The Morgan fingerprint density at radius 1 is 1.37 bits per heavy atom. The van der Waals surface area contributed by atoms with Crippen molar-refractivity contribution in [3.05, 3.63) is 52.5 Å². The maximum Gasteiger partial charge on any atom is 0.254 e. The lowest BCUT2D eigenvalue weighted by molar-refractivity contribution is -0.133. The van der Waals surface area contributed by atoms with Crippen molar-refractivity contribution < 1.29 is 9.59 Å². The highest BCUT2D eigenvalue weighted by molar-refractivity contribution is 7.10. The Morgan fingerprint density at radius 3 is 2.81 bits per heavy atom. The van der Waals surface area contributed by atoms with Gasteiger partial charge in [0.15, 0.2) is 5.96 Å². The van der Waals surface area contributed by atoms with Gasteiger partial charge in [0.2, 0.25) is 5.91 Å². The molecule has 140 valence electrons. The van der Waals surface area contributed by atoms with Crippen LogP contribution in [0.4, 0.5) is 0 Å². The number of hydrogen-bond donors (Lipinski definition) is 1. The lowest BCUT2D eigenvalue weighted by atomic mass is 9.83. The molecule has 2 amide bonds. The highest BCUT2D eigenvalue weighted by Gasteiger charge is 2.57. The molecule has 2 aromatic heterocycles. The number of aliphatic imine (C=N–C) groups is 1. The van der Waals surface area contributed by atoms with E-state index in [4.69, 9.17) is 10.7 Å². The van der Waals surface area contributed by atoms with Gasteiger partial charge in [-0.3, -0.25) is 19.5 Å². The van der Waals surface area contributed by atoms with Crippen molar-refractivity contribution in [3.63, 3.8) is 0 Å². The van der Waals surface area contributed by atoms with Gasteiger partial charge in [-0.05, 0) is 30.0 Å². The number of likely N-dealkylation sites (tertiary alicyclic amines) is 1. The molecule has 1 fully saturated rings. The molecule has 7 nitrogen and oxygen atoms in total. The number of nitrogens with two attached hydrogens (primary N) is 1. The Morgan fingerprint density at radius 2 is 2.15 bits per heavy atom. The number of amides is 2. The second kappa shape index (κ2) is 6.77. The number of guanidine groups is 1. The predicted octanol–water partition coefficient (Wildman–Crippen LogP) is 1.68. The van der Waals surface area contributed by atoms with E-state index in [0.29, 0.717) is 25.2 Å². The molecule has 27 heavy (non-hydrogen) atoms. The fourth-order valence-corrected chi connectivity index (χ4v) is 4.83. The van der Waals surface area contributed by atoms with Gasteiger partial charge >= 0.3 is 0 Å². The molecular weight excluding hydrogens is 362 g/mol. The van der Waals surface area contributed by atoms with Gasteiger partial charge in [0.25, 0.3) is 5.91 Å². The molecule has 8 heteroatoms. The van der Waals surface area contributed by atoms with Crippen LogP contribution in [0.15, 0.2) is 47.0 Å². The lowest BCUT2D eigenvalue weighted by Crippen LogP contribution is -2.55. The van der Waals surface area contributed by atoms with E-state index in [9.17, 15) is 9.59 Å². The highest BCUT2D eigenvalue weighted by Crippen LogP contribution is 2.46. The number of pyridine rings is 1. The van der Waals surface area contributed by atoms with Gasteiger partial charge in [-0.2, -0.15) is 0 Å². The summed E-state index contributed by atoms with van der Waals surface area (Å²) in [4.78, 5) is 39.2. The molecular formula is C19H21N5O2S. The van der Waals surface area contributed by atoms with Crippen LogP contribution in [0.25, 0.3) is 0 Å². The number of carbonyl (C=O) groups excluding carboxylic acids is 2. The summed E-state index contributed by atoms with van der Waals surface area (Å²) in [5, 5.41) is 1.96. The molecule has 4 rings (SSSR count). The number of aromatic nitrogens is 1. The SMILES string of the molecule is CCCN1C(=O)C2CN(C(=O)c3ccncc3)CC2(c2cccs2)N=C1N. The zero-order valence-electron chi connectivity index (χ0n) is 15.0. The monoisotopic (exact) mass is 383 g/mol. The molecule has 0 saturated carbocycles. The normalized spacial score (nSPS) is 24.7. The van der Waals surface area contributed by atoms with E-state index in [-0.39, 0.29) is 17.8 Å². The Bertz CT molecular complexity index is 883. The van der Waals surface area contributed by atoms with Crippen molar-refractivity contribution in [2.75, 3.05) is 19.6 Å². The first kappa shape index (κ1) is 17.7. The molecule has 2 aliphatic heterocycles. The van der Waals surface area contributed by atoms with Crippen LogP contribution in [-0.4, -0.2) is 52.2 Å². The van der Waals surface area contributed by atoms with Gasteiger partial charge in [-0.15, -0.1) is 11.3 Å². The first-order valence-electron chi connectivity index (χ1n) is 8.97. The molecule has 2 unspecified atom stereocenters. The molecule has 0 aliphatic carbocycles. The van der Waals surface area contributed by atoms with E-state index in [2.05, 4.69) is 4.98 Å². The van der Waals surface area contributed by atoms with E-state index in [1.165, 1.54) is 0 Å².